The maximum absolute atomic E-state index is 14.4. The predicted octanol–water partition coefficient (Wildman–Crippen LogP) is 4.54. The first-order valence-corrected chi connectivity index (χ1v) is 16.2. The Labute approximate surface area is 260 Å². The third-order valence-corrected chi connectivity index (χ3v) is 9.66. The van der Waals surface area contributed by atoms with E-state index in [9.17, 15) is 9.59 Å². The number of imidazole rings is 1. The minimum absolute atomic E-state index is 0.0224. The van der Waals surface area contributed by atoms with Crippen molar-refractivity contribution in [2.24, 2.45) is 5.92 Å². The molecule has 5 atom stereocenters. The first kappa shape index (κ1) is 30.8. The van der Waals surface area contributed by atoms with E-state index < -0.39 is 12.1 Å². The van der Waals surface area contributed by atoms with Crippen LogP contribution in [-0.4, -0.2) is 83.6 Å². The summed E-state index contributed by atoms with van der Waals surface area (Å²) in [5.74, 6) is -0.333. The van der Waals surface area contributed by atoms with Gasteiger partial charge in [-0.05, 0) is 68.1 Å². The van der Waals surface area contributed by atoms with Crippen molar-refractivity contribution in [2.45, 2.75) is 102 Å². The lowest BCUT2D eigenvalue weighted by Crippen LogP contribution is -2.58. The van der Waals surface area contributed by atoms with Gasteiger partial charge in [-0.2, -0.15) is 0 Å². The summed E-state index contributed by atoms with van der Waals surface area (Å²) in [4.78, 5) is 39.5. The van der Waals surface area contributed by atoms with Crippen LogP contribution in [0, 0.1) is 5.92 Å². The number of nitrogens with one attached hydrogen (secondary N) is 2. The molecule has 5 unspecified atom stereocenters. The summed E-state index contributed by atoms with van der Waals surface area (Å²) in [5.41, 5.74) is 3.09. The third-order valence-electron chi connectivity index (χ3n) is 9.66. The zero-order valence-corrected chi connectivity index (χ0v) is 26.3. The number of ether oxygens (including phenoxy) is 3. The molecule has 0 bridgehead atoms. The van der Waals surface area contributed by atoms with Gasteiger partial charge in [0.15, 0.2) is 6.29 Å². The van der Waals surface area contributed by atoms with Gasteiger partial charge in [0.25, 0.3) is 5.91 Å². The molecule has 2 aromatic rings. The summed E-state index contributed by atoms with van der Waals surface area (Å²) >= 11 is 0. The summed E-state index contributed by atoms with van der Waals surface area (Å²) in [5, 5.41) is 3.32. The van der Waals surface area contributed by atoms with E-state index in [-0.39, 0.29) is 41.6 Å². The highest BCUT2D eigenvalue weighted by molar-refractivity contribution is 6.09. The maximum atomic E-state index is 14.4. The quantitative estimate of drug-likeness (QED) is 0.455. The molecule has 4 saturated heterocycles. The van der Waals surface area contributed by atoms with E-state index in [1.165, 1.54) is 18.9 Å². The van der Waals surface area contributed by atoms with Gasteiger partial charge in [-0.25, -0.2) is 4.98 Å². The molecule has 4 fully saturated rings. The van der Waals surface area contributed by atoms with Crippen LogP contribution in [-0.2, 0) is 24.4 Å². The van der Waals surface area contributed by atoms with E-state index in [2.05, 4.69) is 47.5 Å². The number of likely N-dealkylation sites (tertiary alicyclic amines) is 1. The number of carbonyl (C=O) groups is 2. The highest BCUT2D eigenvalue weighted by Gasteiger charge is 2.48. The first-order chi connectivity index (χ1) is 21.2. The molecule has 44 heavy (non-hydrogen) atoms. The van der Waals surface area contributed by atoms with Crippen molar-refractivity contribution in [3.8, 4) is 0 Å². The minimum Gasteiger partial charge on any atom is -0.373 e. The van der Waals surface area contributed by atoms with Gasteiger partial charge in [-0.15, -0.1) is 0 Å². The van der Waals surface area contributed by atoms with E-state index in [0.717, 1.165) is 63.1 Å². The third kappa shape index (κ3) is 6.57. The Kier molecular flexibility index (Phi) is 9.12. The number of carbonyl (C=O) groups excluding carboxylic acids is 2. The van der Waals surface area contributed by atoms with Crippen LogP contribution in [0.1, 0.15) is 81.8 Å². The SMILES string of the molecule is C=C(C1CCCCO1)N1CCC(NC(=O)C(C2CC3CCOC3O2)N(C(=O)c2cnc[nH]2)c2ccc(C(C)(C)C)cc2)CC1. The van der Waals surface area contributed by atoms with Crippen molar-refractivity contribution in [3.63, 3.8) is 0 Å². The molecule has 6 rings (SSSR count). The van der Waals surface area contributed by atoms with Crippen LogP contribution in [0.3, 0.4) is 0 Å². The summed E-state index contributed by atoms with van der Waals surface area (Å²) in [6.07, 6.45) is 8.62. The monoisotopic (exact) mass is 605 g/mol. The molecule has 1 aromatic heterocycles. The molecule has 4 aliphatic heterocycles. The van der Waals surface area contributed by atoms with E-state index in [4.69, 9.17) is 14.2 Å². The van der Waals surface area contributed by atoms with Gasteiger partial charge in [-0.1, -0.05) is 39.5 Å². The Hall–Kier alpha value is -3.21. The molecule has 0 saturated carbocycles. The Bertz CT molecular complexity index is 1280. The second kappa shape index (κ2) is 13.0. The molecule has 1 aromatic carbocycles. The first-order valence-electron chi connectivity index (χ1n) is 16.2. The molecule has 2 N–H and O–H groups in total. The number of nitrogens with zero attached hydrogens (tertiary/aromatic N) is 3. The van der Waals surface area contributed by atoms with Crippen LogP contribution in [0.25, 0.3) is 0 Å². The Morgan fingerprint density at radius 2 is 1.84 bits per heavy atom. The predicted molar refractivity (Wildman–Crippen MR) is 167 cm³/mol. The van der Waals surface area contributed by atoms with E-state index in [1.807, 2.05) is 24.3 Å². The van der Waals surface area contributed by atoms with Gasteiger partial charge in [0.2, 0.25) is 5.91 Å². The molecule has 5 heterocycles. The van der Waals surface area contributed by atoms with Gasteiger partial charge < -0.3 is 29.4 Å². The number of rotatable bonds is 8. The van der Waals surface area contributed by atoms with Gasteiger partial charge in [-0.3, -0.25) is 14.5 Å². The molecule has 0 aliphatic carbocycles. The average Bonchev–Trinajstić information content (AvgIpc) is 3.79. The fourth-order valence-electron chi connectivity index (χ4n) is 7.00. The molecule has 2 amide bonds. The van der Waals surface area contributed by atoms with Crippen LogP contribution in [0.2, 0.25) is 0 Å². The summed E-state index contributed by atoms with van der Waals surface area (Å²) in [6.45, 7) is 13.9. The lowest BCUT2D eigenvalue weighted by Gasteiger charge is -2.40. The van der Waals surface area contributed by atoms with Crippen molar-refractivity contribution >= 4 is 17.5 Å². The van der Waals surface area contributed by atoms with Crippen LogP contribution >= 0.6 is 0 Å². The van der Waals surface area contributed by atoms with Crippen LogP contribution in [0.5, 0.6) is 0 Å². The number of aromatic nitrogens is 2. The molecule has 4 aliphatic rings. The average molecular weight is 606 g/mol. The molecular weight excluding hydrogens is 558 g/mol. The smallest absolute Gasteiger partial charge is 0.277 e. The van der Waals surface area contributed by atoms with Gasteiger partial charge >= 0.3 is 0 Å². The van der Waals surface area contributed by atoms with Gasteiger partial charge in [0, 0.05) is 43.0 Å². The zero-order valence-electron chi connectivity index (χ0n) is 26.3. The molecule has 238 valence electrons. The fraction of sp³-hybridized carbons (Fsp3) is 0.618. The largest absolute Gasteiger partial charge is 0.373 e. The van der Waals surface area contributed by atoms with Crippen molar-refractivity contribution in [1.29, 1.82) is 0 Å². The minimum atomic E-state index is -0.885. The normalized spacial score (nSPS) is 26.7. The number of anilines is 1. The zero-order chi connectivity index (χ0) is 30.8. The maximum Gasteiger partial charge on any atom is 0.277 e. The summed E-state index contributed by atoms with van der Waals surface area (Å²) in [7, 11) is 0. The van der Waals surface area contributed by atoms with Crippen LogP contribution in [0.15, 0.2) is 49.1 Å². The highest BCUT2D eigenvalue weighted by atomic mass is 16.7. The highest BCUT2D eigenvalue weighted by Crippen LogP contribution is 2.39. The summed E-state index contributed by atoms with van der Waals surface area (Å²) < 4.78 is 18.2. The molecule has 0 spiro atoms. The van der Waals surface area contributed by atoms with Gasteiger partial charge in [0.05, 0.1) is 31.3 Å². The van der Waals surface area contributed by atoms with E-state index >= 15 is 0 Å². The number of piperidine rings is 1. The van der Waals surface area contributed by atoms with Crippen molar-refractivity contribution in [3.05, 3.63) is 60.3 Å². The standard InChI is InChI=1S/C34H47N5O5/c1-22(28-7-5-6-17-42-28)38-15-12-25(13-16-38)37-31(40)30(29-19-23-14-18-43-33(23)44-29)39(32(41)27-20-35-21-36-27)26-10-8-24(9-11-26)34(2,3)4/h8-11,20-21,23,25,28-30,33H,1,5-7,12-19H2,2-4H3,(H,35,36)(H,37,40). The fourth-order valence-corrected chi connectivity index (χ4v) is 7.00. The van der Waals surface area contributed by atoms with E-state index in [0.29, 0.717) is 24.4 Å². The number of hydrogen-bond donors (Lipinski definition) is 2. The number of H-pyrrole nitrogens is 1. The number of amides is 2. The Morgan fingerprint density at radius 3 is 2.48 bits per heavy atom. The lowest BCUT2D eigenvalue weighted by molar-refractivity contribution is -0.138. The molecular formula is C34H47N5O5. The number of hydrogen-bond acceptors (Lipinski definition) is 7. The van der Waals surface area contributed by atoms with Crippen molar-refractivity contribution in [2.75, 3.05) is 31.2 Å². The van der Waals surface area contributed by atoms with Crippen molar-refractivity contribution < 1.29 is 23.8 Å². The van der Waals surface area contributed by atoms with E-state index in [1.54, 1.807) is 4.90 Å². The second-order valence-corrected chi connectivity index (χ2v) is 13.7. The van der Waals surface area contributed by atoms with Gasteiger partial charge in [0.1, 0.15) is 11.7 Å². The molecule has 10 heteroatoms. The Morgan fingerprint density at radius 1 is 1.07 bits per heavy atom. The Balaban J connectivity index is 1.24. The molecule has 10 nitrogen and oxygen atoms in total. The lowest BCUT2D eigenvalue weighted by atomic mass is 9.87. The number of fused-ring (bicyclic) bond motifs is 1. The number of aromatic amines is 1. The second-order valence-electron chi connectivity index (χ2n) is 13.7. The van der Waals surface area contributed by atoms with Crippen LogP contribution in [0.4, 0.5) is 5.69 Å². The summed E-state index contributed by atoms with van der Waals surface area (Å²) in [6, 6.07) is 7.01. The van der Waals surface area contributed by atoms with Crippen LogP contribution < -0.4 is 10.2 Å². The topological polar surface area (TPSA) is 109 Å². The number of benzene rings is 1. The van der Waals surface area contributed by atoms with Crippen molar-refractivity contribution in [1.82, 2.24) is 20.2 Å². The molecule has 0 radical (unpaired) electrons.